The lowest BCUT2D eigenvalue weighted by atomic mass is 10.1. The van der Waals surface area contributed by atoms with E-state index in [1.807, 2.05) is 19.1 Å². The van der Waals surface area contributed by atoms with Gasteiger partial charge in [0.2, 0.25) is 0 Å². The molecule has 0 radical (unpaired) electrons. The number of pyridine rings is 2. The SMILES string of the molecule is Cc1ccc2cc(C(=O)N(N)c3ccc(NC(=O)c4cncc(Br)c4)cc3)ccc2n1. The van der Waals surface area contributed by atoms with E-state index in [1.165, 1.54) is 6.20 Å². The maximum atomic E-state index is 12.8. The number of carbonyl (C=O) groups excluding carboxylic acids is 2. The zero-order valence-corrected chi connectivity index (χ0v) is 18.1. The molecule has 0 saturated heterocycles. The highest BCUT2D eigenvalue weighted by atomic mass is 79.9. The Morgan fingerprint density at radius 2 is 1.74 bits per heavy atom. The lowest BCUT2D eigenvalue weighted by Crippen LogP contribution is -2.37. The van der Waals surface area contributed by atoms with Gasteiger partial charge in [0.25, 0.3) is 11.8 Å². The van der Waals surface area contributed by atoms with Crippen LogP contribution >= 0.6 is 15.9 Å². The Bertz CT molecular complexity index is 1290. The van der Waals surface area contributed by atoms with Crippen molar-refractivity contribution >= 4 is 50.0 Å². The largest absolute Gasteiger partial charge is 0.322 e. The standard InChI is InChI=1S/C23H18BrN5O2/c1-14-2-3-15-10-16(4-9-21(15)27-14)23(31)29(25)20-7-5-19(6-8-20)28-22(30)17-11-18(24)13-26-12-17/h2-13H,25H2,1H3,(H,28,30). The average Bonchev–Trinajstić information content (AvgIpc) is 2.78. The molecule has 0 atom stereocenters. The topological polar surface area (TPSA) is 101 Å². The smallest absolute Gasteiger partial charge is 0.272 e. The van der Waals surface area contributed by atoms with Crippen LogP contribution in [0.15, 0.2) is 77.5 Å². The van der Waals surface area contributed by atoms with Gasteiger partial charge in [-0.1, -0.05) is 6.07 Å². The molecule has 0 unspecified atom stereocenters. The number of halogens is 1. The van der Waals surface area contributed by atoms with E-state index in [1.54, 1.807) is 54.7 Å². The average molecular weight is 476 g/mol. The molecular weight excluding hydrogens is 458 g/mol. The summed E-state index contributed by atoms with van der Waals surface area (Å²) >= 11 is 3.29. The molecule has 0 spiro atoms. The van der Waals surface area contributed by atoms with Gasteiger partial charge in [0, 0.05) is 39.2 Å². The van der Waals surface area contributed by atoms with Crippen molar-refractivity contribution in [2.24, 2.45) is 5.84 Å². The molecule has 0 aliphatic rings. The van der Waals surface area contributed by atoms with Gasteiger partial charge in [0.05, 0.1) is 16.8 Å². The second-order valence-corrected chi connectivity index (χ2v) is 7.84. The van der Waals surface area contributed by atoms with Crippen molar-refractivity contribution in [1.82, 2.24) is 9.97 Å². The minimum atomic E-state index is -0.348. The van der Waals surface area contributed by atoms with Gasteiger partial charge in [0.1, 0.15) is 0 Å². The number of anilines is 2. The molecule has 0 fully saturated rings. The number of fused-ring (bicyclic) bond motifs is 1. The third kappa shape index (κ3) is 4.60. The second kappa shape index (κ2) is 8.63. The summed E-state index contributed by atoms with van der Waals surface area (Å²) in [5.41, 5.74) is 3.68. The van der Waals surface area contributed by atoms with E-state index in [-0.39, 0.29) is 11.8 Å². The highest BCUT2D eigenvalue weighted by molar-refractivity contribution is 9.10. The van der Waals surface area contributed by atoms with E-state index in [0.29, 0.717) is 27.0 Å². The highest BCUT2D eigenvalue weighted by Gasteiger charge is 2.15. The molecule has 2 amide bonds. The molecule has 0 saturated carbocycles. The number of amides is 2. The van der Waals surface area contributed by atoms with Crippen LogP contribution in [0.1, 0.15) is 26.4 Å². The number of aryl methyl sites for hydroxylation is 1. The van der Waals surface area contributed by atoms with E-state index >= 15 is 0 Å². The molecule has 4 aromatic rings. The van der Waals surface area contributed by atoms with Crippen molar-refractivity contribution < 1.29 is 9.59 Å². The number of hydrogen-bond donors (Lipinski definition) is 2. The fourth-order valence-corrected chi connectivity index (χ4v) is 3.43. The summed E-state index contributed by atoms with van der Waals surface area (Å²) < 4.78 is 0.715. The van der Waals surface area contributed by atoms with Gasteiger partial charge in [0.15, 0.2) is 0 Å². The Hall–Kier alpha value is -3.62. The van der Waals surface area contributed by atoms with E-state index < -0.39 is 0 Å². The first-order valence-electron chi connectivity index (χ1n) is 9.39. The van der Waals surface area contributed by atoms with Crippen molar-refractivity contribution in [3.05, 3.63) is 94.4 Å². The first kappa shape index (κ1) is 20.6. The summed E-state index contributed by atoms with van der Waals surface area (Å²) in [4.78, 5) is 33.6. The predicted molar refractivity (Wildman–Crippen MR) is 124 cm³/mol. The minimum Gasteiger partial charge on any atom is -0.322 e. The molecule has 154 valence electrons. The molecule has 2 aromatic carbocycles. The Morgan fingerprint density at radius 1 is 0.968 bits per heavy atom. The zero-order chi connectivity index (χ0) is 22.0. The number of carbonyl (C=O) groups is 2. The van der Waals surface area contributed by atoms with Crippen LogP contribution in [0.5, 0.6) is 0 Å². The number of benzene rings is 2. The zero-order valence-electron chi connectivity index (χ0n) is 16.5. The van der Waals surface area contributed by atoms with Crippen LogP contribution in [-0.2, 0) is 0 Å². The molecule has 7 nitrogen and oxygen atoms in total. The number of hydrazine groups is 1. The van der Waals surface area contributed by atoms with Crippen molar-refractivity contribution in [2.45, 2.75) is 6.92 Å². The maximum absolute atomic E-state index is 12.8. The molecule has 2 heterocycles. The number of hydrogen-bond acceptors (Lipinski definition) is 5. The van der Waals surface area contributed by atoms with E-state index in [2.05, 4.69) is 31.2 Å². The van der Waals surface area contributed by atoms with Crippen molar-refractivity contribution in [3.63, 3.8) is 0 Å². The van der Waals surface area contributed by atoms with Crippen LogP contribution in [0, 0.1) is 6.92 Å². The lowest BCUT2D eigenvalue weighted by Gasteiger charge is -2.17. The van der Waals surface area contributed by atoms with Crippen molar-refractivity contribution in [3.8, 4) is 0 Å². The van der Waals surface area contributed by atoms with Crippen molar-refractivity contribution in [1.29, 1.82) is 0 Å². The Labute approximate surface area is 187 Å². The second-order valence-electron chi connectivity index (χ2n) is 6.93. The molecular formula is C23H18BrN5O2. The first-order valence-corrected chi connectivity index (χ1v) is 10.2. The van der Waals surface area contributed by atoms with Crippen LogP contribution in [0.3, 0.4) is 0 Å². The summed E-state index contributed by atoms with van der Waals surface area (Å²) in [6.07, 6.45) is 3.08. The number of nitrogens with one attached hydrogen (secondary N) is 1. The molecule has 31 heavy (non-hydrogen) atoms. The summed E-state index contributed by atoms with van der Waals surface area (Å²) in [5, 5.41) is 4.73. The molecule has 2 aromatic heterocycles. The maximum Gasteiger partial charge on any atom is 0.272 e. The third-order valence-corrected chi connectivity index (χ3v) is 5.10. The van der Waals surface area contributed by atoms with E-state index in [9.17, 15) is 9.59 Å². The number of rotatable bonds is 4. The van der Waals surface area contributed by atoms with Crippen LogP contribution in [0.2, 0.25) is 0 Å². The van der Waals surface area contributed by atoms with E-state index in [4.69, 9.17) is 5.84 Å². The van der Waals surface area contributed by atoms with Gasteiger partial charge in [-0.3, -0.25) is 19.6 Å². The van der Waals surface area contributed by atoms with Crippen LogP contribution in [-0.4, -0.2) is 21.8 Å². The molecule has 8 heteroatoms. The molecule has 0 aliphatic heterocycles. The lowest BCUT2D eigenvalue weighted by molar-refractivity contribution is 0.0985. The molecule has 3 N–H and O–H groups in total. The Morgan fingerprint density at radius 3 is 2.48 bits per heavy atom. The highest BCUT2D eigenvalue weighted by Crippen LogP contribution is 2.21. The van der Waals surface area contributed by atoms with Crippen LogP contribution in [0.4, 0.5) is 11.4 Å². The summed E-state index contributed by atoms with van der Waals surface area (Å²) in [6.45, 7) is 1.92. The molecule has 0 bridgehead atoms. The van der Waals surface area contributed by atoms with Crippen LogP contribution in [0.25, 0.3) is 10.9 Å². The monoisotopic (exact) mass is 475 g/mol. The summed E-state index contributed by atoms with van der Waals surface area (Å²) in [7, 11) is 0. The van der Waals surface area contributed by atoms with Gasteiger partial charge in [-0.05, 0) is 77.5 Å². The Balaban J connectivity index is 1.48. The minimum absolute atomic E-state index is 0.290. The van der Waals surface area contributed by atoms with E-state index in [0.717, 1.165) is 21.6 Å². The van der Waals surface area contributed by atoms with Gasteiger partial charge in [-0.25, -0.2) is 10.9 Å². The van der Waals surface area contributed by atoms with Crippen LogP contribution < -0.4 is 16.2 Å². The van der Waals surface area contributed by atoms with Gasteiger partial charge in [-0.15, -0.1) is 0 Å². The predicted octanol–water partition coefficient (Wildman–Crippen LogP) is 4.47. The molecule has 4 rings (SSSR count). The summed E-state index contributed by atoms with van der Waals surface area (Å²) in [6, 6.07) is 17.5. The fourth-order valence-electron chi connectivity index (χ4n) is 3.06. The fraction of sp³-hybridized carbons (Fsp3) is 0.0435. The van der Waals surface area contributed by atoms with Gasteiger partial charge >= 0.3 is 0 Å². The van der Waals surface area contributed by atoms with Gasteiger partial charge < -0.3 is 5.32 Å². The quantitative estimate of drug-likeness (QED) is 0.257. The third-order valence-electron chi connectivity index (χ3n) is 4.66. The summed E-state index contributed by atoms with van der Waals surface area (Å²) in [5.74, 6) is 5.43. The first-order chi connectivity index (χ1) is 14.9. The Kier molecular flexibility index (Phi) is 5.75. The number of nitrogens with zero attached hydrogens (tertiary/aromatic N) is 3. The number of aromatic nitrogens is 2. The number of nitrogens with two attached hydrogens (primary N) is 1. The normalized spacial score (nSPS) is 10.7. The van der Waals surface area contributed by atoms with Crippen molar-refractivity contribution in [2.75, 3.05) is 10.3 Å². The van der Waals surface area contributed by atoms with Gasteiger partial charge in [-0.2, -0.15) is 0 Å². The molecule has 0 aliphatic carbocycles.